The van der Waals surface area contributed by atoms with Gasteiger partial charge >= 0.3 is 6.09 Å². The van der Waals surface area contributed by atoms with Crippen LogP contribution in [0.4, 0.5) is 4.79 Å². The van der Waals surface area contributed by atoms with Crippen LogP contribution in [0.3, 0.4) is 0 Å². The van der Waals surface area contributed by atoms with Crippen LogP contribution in [0, 0.1) is 0 Å². The molecule has 0 radical (unpaired) electrons. The van der Waals surface area contributed by atoms with Crippen molar-refractivity contribution in [3.05, 3.63) is 0 Å². The van der Waals surface area contributed by atoms with Crippen LogP contribution < -0.4 is 0 Å². The van der Waals surface area contributed by atoms with Crippen LogP contribution in [0.25, 0.3) is 0 Å². The zero-order valence-corrected chi connectivity index (χ0v) is 33.1. The minimum atomic E-state index is -1.53. The van der Waals surface area contributed by atoms with E-state index in [1.807, 2.05) is 6.92 Å². The number of aliphatic hydroxyl groups excluding tert-OH is 4. The second kappa shape index (κ2) is 32.7. The number of carbonyl (C=O) groups excluding carboxylic acids is 1. The van der Waals surface area contributed by atoms with Gasteiger partial charge in [0.25, 0.3) is 0 Å². The fraction of sp³-hybridized carbons (Fsp3) is 0.976. The Hall–Kier alpha value is -0.930. The standard InChI is InChI=1S/C42H83NO7/c1-4-6-8-10-12-14-16-18-19-20-22-24-26-28-30-32-34-43(41-40(47)39(46)38(45)37(35-44)50-41)42(48)49-36(3)33-31-29-27-25-23-21-17-15-13-11-9-7-5-2/h36-41,44-47H,4-35H2,1-3H3/t36?,37-,38-,39+,40-,41?/m1/s1. The molecule has 6 atom stereocenters. The van der Waals surface area contributed by atoms with Crippen molar-refractivity contribution in [3.8, 4) is 0 Å². The van der Waals surface area contributed by atoms with Gasteiger partial charge in [-0.2, -0.15) is 0 Å². The van der Waals surface area contributed by atoms with Gasteiger partial charge < -0.3 is 29.9 Å². The summed E-state index contributed by atoms with van der Waals surface area (Å²) < 4.78 is 11.6. The summed E-state index contributed by atoms with van der Waals surface area (Å²) in [5.74, 6) is 0. The van der Waals surface area contributed by atoms with Crippen molar-refractivity contribution in [2.75, 3.05) is 13.2 Å². The molecule has 298 valence electrons. The quantitative estimate of drug-likeness (QED) is 0.0490. The summed E-state index contributed by atoms with van der Waals surface area (Å²) in [7, 11) is 0. The summed E-state index contributed by atoms with van der Waals surface area (Å²) in [5.41, 5.74) is 0. The van der Waals surface area contributed by atoms with Gasteiger partial charge in [-0.25, -0.2) is 4.79 Å². The van der Waals surface area contributed by atoms with Crippen molar-refractivity contribution < 1.29 is 34.7 Å². The first-order valence-corrected chi connectivity index (χ1v) is 21.6. The molecule has 1 heterocycles. The minimum absolute atomic E-state index is 0.284. The summed E-state index contributed by atoms with van der Waals surface area (Å²) in [4.78, 5) is 14.8. The zero-order valence-electron chi connectivity index (χ0n) is 33.1. The topological polar surface area (TPSA) is 120 Å². The molecule has 0 spiro atoms. The predicted molar refractivity (Wildman–Crippen MR) is 206 cm³/mol. The van der Waals surface area contributed by atoms with E-state index in [9.17, 15) is 25.2 Å². The molecule has 1 saturated heterocycles. The molecule has 1 amide bonds. The highest BCUT2D eigenvalue weighted by atomic mass is 16.6. The molecule has 0 bridgehead atoms. The third-order valence-electron chi connectivity index (χ3n) is 10.7. The number of unbranched alkanes of at least 4 members (excludes halogenated alkanes) is 27. The molecule has 8 heteroatoms. The van der Waals surface area contributed by atoms with E-state index in [2.05, 4.69) is 13.8 Å². The summed E-state index contributed by atoms with van der Waals surface area (Å²) in [6.45, 7) is 6.21. The Bertz CT molecular complexity index is 754. The van der Waals surface area contributed by atoms with E-state index in [1.54, 1.807) is 0 Å². The average Bonchev–Trinajstić information content (AvgIpc) is 3.11. The van der Waals surface area contributed by atoms with Gasteiger partial charge in [0.2, 0.25) is 0 Å². The lowest BCUT2D eigenvalue weighted by Gasteiger charge is -2.44. The largest absolute Gasteiger partial charge is 0.446 e. The Balaban J connectivity index is 2.34. The molecule has 8 nitrogen and oxygen atoms in total. The maximum absolute atomic E-state index is 13.4. The molecular weight excluding hydrogens is 630 g/mol. The van der Waals surface area contributed by atoms with Gasteiger partial charge in [0.1, 0.15) is 30.5 Å². The molecule has 1 aliphatic rings. The lowest BCUT2D eigenvalue weighted by Crippen LogP contribution is -2.64. The lowest BCUT2D eigenvalue weighted by atomic mass is 9.97. The summed E-state index contributed by atoms with van der Waals surface area (Å²) in [6, 6.07) is 0. The first kappa shape index (κ1) is 47.1. The second-order valence-corrected chi connectivity index (χ2v) is 15.4. The maximum Gasteiger partial charge on any atom is 0.412 e. The number of ether oxygens (including phenoxy) is 2. The number of aliphatic hydroxyl groups is 4. The van der Waals surface area contributed by atoms with Gasteiger partial charge in [0, 0.05) is 6.54 Å². The second-order valence-electron chi connectivity index (χ2n) is 15.4. The zero-order chi connectivity index (χ0) is 36.7. The van der Waals surface area contributed by atoms with Gasteiger partial charge in [-0.1, -0.05) is 187 Å². The van der Waals surface area contributed by atoms with Crippen LogP contribution in [0.15, 0.2) is 0 Å². The van der Waals surface area contributed by atoms with E-state index in [4.69, 9.17) is 9.47 Å². The summed E-state index contributed by atoms with van der Waals surface area (Å²) >= 11 is 0. The van der Waals surface area contributed by atoms with Gasteiger partial charge in [0.05, 0.1) is 6.61 Å². The number of hydrogen-bond donors (Lipinski definition) is 4. The van der Waals surface area contributed by atoms with E-state index < -0.39 is 43.3 Å². The lowest BCUT2D eigenvalue weighted by molar-refractivity contribution is -0.259. The molecule has 4 N–H and O–H groups in total. The number of amides is 1. The first-order chi connectivity index (χ1) is 24.4. The molecule has 0 saturated carbocycles. The number of rotatable bonds is 34. The Labute approximate surface area is 308 Å². The smallest absolute Gasteiger partial charge is 0.412 e. The van der Waals surface area contributed by atoms with E-state index in [-0.39, 0.29) is 6.10 Å². The molecule has 0 aromatic carbocycles. The molecule has 1 rings (SSSR count). The van der Waals surface area contributed by atoms with Crippen LogP contribution in [0.1, 0.15) is 213 Å². The Kier molecular flexibility index (Phi) is 30.8. The molecular formula is C42H83NO7. The van der Waals surface area contributed by atoms with Crippen LogP contribution >= 0.6 is 0 Å². The van der Waals surface area contributed by atoms with E-state index in [0.717, 1.165) is 44.9 Å². The molecule has 0 aromatic heterocycles. The number of carbonyl (C=O) groups is 1. The highest BCUT2D eigenvalue weighted by molar-refractivity contribution is 5.68. The van der Waals surface area contributed by atoms with E-state index in [0.29, 0.717) is 6.54 Å². The Morgan fingerprint density at radius 2 is 0.920 bits per heavy atom. The molecule has 1 fully saturated rings. The minimum Gasteiger partial charge on any atom is -0.446 e. The van der Waals surface area contributed by atoms with Crippen molar-refractivity contribution >= 4 is 6.09 Å². The molecule has 50 heavy (non-hydrogen) atoms. The van der Waals surface area contributed by atoms with Gasteiger partial charge in [0.15, 0.2) is 6.23 Å². The fourth-order valence-electron chi connectivity index (χ4n) is 7.24. The highest BCUT2D eigenvalue weighted by Gasteiger charge is 2.47. The SMILES string of the molecule is CCCCCCCCCCCCCCCCCCN(C(=O)OC(C)CCCCCCCCCCCCCCC)C1O[C@H](CO)[C@@H](O)[C@H](O)[C@H]1O. The predicted octanol–water partition coefficient (Wildman–Crippen LogP) is 10.4. The summed E-state index contributed by atoms with van der Waals surface area (Å²) in [5, 5.41) is 41.2. The van der Waals surface area contributed by atoms with Crippen molar-refractivity contribution in [2.24, 2.45) is 0 Å². The number of nitrogens with zero attached hydrogens (tertiary/aromatic N) is 1. The van der Waals surface area contributed by atoms with Crippen molar-refractivity contribution in [1.29, 1.82) is 0 Å². The third-order valence-corrected chi connectivity index (χ3v) is 10.7. The van der Waals surface area contributed by atoms with Gasteiger partial charge in [-0.05, 0) is 26.2 Å². The number of hydrogen-bond acceptors (Lipinski definition) is 7. The highest BCUT2D eigenvalue weighted by Crippen LogP contribution is 2.26. The maximum atomic E-state index is 13.4. The molecule has 0 aliphatic carbocycles. The summed E-state index contributed by atoms with van der Waals surface area (Å²) in [6.07, 6.45) is 29.9. The molecule has 1 aliphatic heterocycles. The first-order valence-electron chi connectivity index (χ1n) is 21.6. The molecule has 2 unspecified atom stereocenters. The van der Waals surface area contributed by atoms with Gasteiger partial charge in [-0.3, -0.25) is 4.90 Å². The van der Waals surface area contributed by atoms with Crippen molar-refractivity contribution in [1.82, 2.24) is 4.90 Å². The van der Waals surface area contributed by atoms with Crippen molar-refractivity contribution in [2.45, 2.75) is 250 Å². The van der Waals surface area contributed by atoms with Gasteiger partial charge in [-0.15, -0.1) is 0 Å². The average molecular weight is 714 g/mol. The van der Waals surface area contributed by atoms with Crippen LogP contribution in [-0.2, 0) is 9.47 Å². The van der Waals surface area contributed by atoms with Crippen LogP contribution in [0.2, 0.25) is 0 Å². The van der Waals surface area contributed by atoms with Crippen molar-refractivity contribution in [3.63, 3.8) is 0 Å². The van der Waals surface area contributed by atoms with Crippen LogP contribution in [-0.4, -0.2) is 81.3 Å². The van der Waals surface area contributed by atoms with E-state index >= 15 is 0 Å². The Morgan fingerprint density at radius 1 is 0.560 bits per heavy atom. The molecule has 0 aromatic rings. The normalized spacial score (nSPS) is 21.4. The Morgan fingerprint density at radius 3 is 1.30 bits per heavy atom. The van der Waals surface area contributed by atoms with E-state index in [1.165, 1.54) is 153 Å². The third kappa shape index (κ3) is 22.9. The van der Waals surface area contributed by atoms with Crippen LogP contribution in [0.5, 0.6) is 0 Å². The monoisotopic (exact) mass is 714 g/mol. The fourth-order valence-corrected chi connectivity index (χ4v) is 7.24.